The maximum atomic E-state index is 12.8. The van der Waals surface area contributed by atoms with E-state index >= 15 is 0 Å². The Kier molecular flexibility index (Phi) is 7.21. The van der Waals surface area contributed by atoms with Gasteiger partial charge in [0.2, 0.25) is 0 Å². The second-order valence-corrected chi connectivity index (χ2v) is 8.31. The van der Waals surface area contributed by atoms with Gasteiger partial charge in [-0.2, -0.15) is 0 Å². The molecule has 0 unspecified atom stereocenters. The first kappa shape index (κ1) is 21.0. The fraction of sp³-hybridized carbons (Fsp3) is 0.350. The number of benzene rings is 1. The van der Waals surface area contributed by atoms with Gasteiger partial charge in [0.15, 0.2) is 0 Å². The van der Waals surface area contributed by atoms with Gasteiger partial charge in [0, 0.05) is 36.1 Å². The number of thioether (sulfide) groups is 1. The molecule has 1 amide bonds. The second kappa shape index (κ2) is 9.63. The summed E-state index contributed by atoms with van der Waals surface area (Å²) in [6.07, 6.45) is 4.54. The summed E-state index contributed by atoms with van der Waals surface area (Å²) >= 11 is 13.9. The average molecular weight is 439 g/mol. The molecule has 0 N–H and O–H groups in total. The van der Waals surface area contributed by atoms with Crippen LogP contribution in [0.1, 0.15) is 28.8 Å². The van der Waals surface area contributed by atoms with Gasteiger partial charge in [-0.25, -0.2) is 0 Å². The normalized spacial score (nSPS) is 14.8. The summed E-state index contributed by atoms with van der Waals surface area (Å²) in [5.74, 6) is 0.196. The molecular weight excluding hydrogens is 419 g/mol. The third kappa shape index (κ3) is 4.99. The molecule has 28 heavy (non-hydrogen) atoms. The number of rotatable bonds is 5. The fourth-order valence-corrected chi connectivity index (χ4v) is 4.73. The number of piperidine rings is 1. The molecule has 1 saturated heterocycles. The van der Waals surface area contributed by atoms with Crippen molar-refractivity contribution in [3.8, 4) is 0 Å². The zero-order valence-electron chi connectivity index (χ0n) is 15.4. The minimum absolute atomic E-state index is 0.0709. The molecule has 0 saturated carbocycles. The standard InChI is InChI=1S/C20H20Cl2N2O3S/c1-27-20(26)14-5-7-24(8-6-14)19(25)15-9-13(10-23-11-15)12-28-18-16(21)3-2-4-17(18)22/h2-4,9-11,14H,5-8,12H2,1H3. The molecule has 1 aromatic heterocycles. The van der Waals surface area contributed by atoms with Crippen LogP contribution in [0.2, 0.25) is 10.0 Å². The van der Waals surface area contributed by atoms with E-state index in [2.05, 4.69) is 4.98 Å². The summed E-state index contributed by atoms with van der Waals surface area (Å²) in [6.45, 7) is 1.07. The highest BCUT2D eigenvalue weighted by atomic mass is 35.5. The molecule has 1 aliphatic heterocycles. The Morgan fingerprint density at radius 2 is 1.89 bits per heavy atom. The number of ether oxygens (including phenoxy) is 1. The third-order valence-corrected chi connectivity index (χ3v) is 6.72. The number of hydrogen-bond donors (Lipinski definition) is 0. The van der Waals surface area contributed by atoms with Crippen molar-refractivity contribution >= 4 is 46.8 Å². The van der Waals surface area contributed by atoms with Gasteiger partial charge in [-0.15, -0.1) is 11.8 Å². The van der Waals surface area contributed by atoms with Gasteiger partial charge >= 0.3 is 5.97 Å². The number of pyridine rings is 1. The maximum Gasteiger partial charge on any atom is 0.308 e. The number of halogens is 2. The first-order chi connectivity index (χ1) is 13.5. The van der Waals surface area contributed by atoms with E-state index in [1.54, 1.807) is 35.5 Å². The molecule has 2 aromatic rings. The molecule has 0 atom stereocenters. The first-order valence-electron chi connectivity index (χ1n) is 8.87. The number of hydrogen-bond acceptors (Lipinski definition) is 5. The summed E-state index contributed by atoms with van der Waals surface area (Å²) < 4.78 is 4.79. The van der Waals surface area contributed by atoms with E-state index in [0.717, 1.165) is 10.5 Å². The van der Waals surface area contributed by atoms with Crippen molar-refractivity contribution in [2.45, 2.75) is 23.5 Å². The Labute approximate surface area is 178 Å². The molecule has 0 aliphatic carbocycles. The van der Waals surface area contributed by atoms with Crippen LogP contribution in [0.15, 0.2) is 41.6 Å². The largest absolute Gasteiger partial charge is 0.469 e. The highest BCUT2D eigenvalue weighted by Crippen LogP contribution is 2.35. The van der Waals surface area contributed by atoms with Crippen molar-refractivity contribution in [2.75, 3.05) is 20.2 Å². The van der Waals surface area contributed by atoms with Crippen molar-refractivity contribution < 1.29 is 14.3 Å². The third-order valence-electron chi connectivity index (χ3n) is 4.66. The number of amides is 1. The number of carbonyl (C=O) groups is 2. The summed E-state index contributed by atoms with van der Waals surface area (Å²) in [5, 5.41) is 1.21. The molecule has 0 bridgehead atoms. The molecule has 8 heteroatoms. The van der Waals surface area contributed by atoms with Crippen LogP contribution in [-0.2, 0) is 15.3 Å². The van der Waals surface area contributed by atoms with Crippen molar-refractivity contribution in [1.29, 1.82) is 0 Å². The predicted molar refractivity (Wildman–Crippen MR) is 111 cm³/mol. The number of methoxy groups -OCH3 is 1. The highest BCUT2D eigenvalue weighted by molar-refractivity contribution is 7.98. The van der Waals surface area contributed by atoms with E-state index in [0.29, 0.717) is 47.3 Å². The van der Waals surface area contributed by atoms with Gasteiger partial charge in [-0.3, -0.25) is 14.6 Å². The van der Waals surface area contributed by atoms with Crippen molar-refractivity contribution in [3.63, 3.8) is 0 Å². The van der Waals surface area contributed by atoms with Crippen LogP contribution in [0.25, 0.3) is 0 Å². The monoisotopic (exact) mass is 438 g/mol. The molecule has 1 aromatic carbocycles. The van der Waals surface area contributed by atoms with E-state index in [1.165, 1.54) is 18.9 Å². The molecule has 1 aliphatic rings. The second-order valence-electron chi connectivity index (χ2n) is 6.51. The number of esters is 1. The molecule has 0 radical (unpaired) electrons. The first-order valence-corrected chi connectivity index (χ1v) is 10.6. The molecular formula is C20H20Cl2N2O3S. The number of aromatic nitrogens is 1. The minimum atomic E-state index is -0.203. The zero-order chi connectivity index (χ0) is 20.1. The Morgan fingerprint density at radius 3 is 2.54 bits per heavy atom. The van der Waals surface area contributed by atoms with Crippen LogP contribution in [-0.4, -0.2) is 42.0 Å². The number of nitrogens with zero attached hydrogens (tertiary/aromatic N) is 2. The lowest BCUT2D eigenvalue weighted by Gasteiger charge is -2.30. The zero-order valence-corrected chi connectivity index (χ0v) is 17.7. The average Bonchev–Trinajstić information content (AvgIpc) is 2.72. The molecule has 3 rings (SSSR count). The topological polar surface area (TPSA) is 59.5 Å². The van der Waals surface area contributed by atoms with Crippen molar-refractivity contribution in [1.82, 2.24) is 9.88 Å². The van der Waals surface area contributed by atoms with Crippen LogP contribution in [0, 0.1) is 5.92 Å². The molecule has 2 heterocycles. The molecule has 1 fully saturated rings. The van der Waals surface area contributed by atoms with E-state index in [4.69, 9.17) is 27.9 Å². The van der Waals surface area contributed by atoms with Gasteiger partial charge in [0.05, 0.1) is 28.6 Å². The quantitative estimate of drug-likeness (QED) is 0.499. The summed E-state index contributed by atoms with van der Waals surface area (Å²) in [5.41, 5.74) is 1.45. The Balaban J connectivity index is 1.63. The predicted octanol–water partition coefficient (Wildman–Crippen LogP) is 4.71. The fourth-order valence-electron chi connectivity index (χ4n) is 3.13. The van der Waals surface area contributed by atoms with Crippen molar-refractivity contribution in [2.24, 2.45) is 5.92 Å². The van der Waals surface area contributed by atoms with E-state index in [1.807, 2.05) is 6.07 Å². The maximum absolute atomic E-state index is 12.8. The van der Waals surface area contributed by atoms with E-state index in [9.17, 15) is 9.59 Å². The number of likely N-dealkylation sites (tertiary alicyclic amines) is 1. The smallest absolute Gasteiger partial charge is 0.308 e. The Bertz CT molecular complexity index is 850. The van der Waals surface area contributed by atoms with Gasteiger partial charge in [0.25, 0.3) is 5.91 Å². The number of carbonyl (C=O) groups excluding carboxylic acids is 2. The van der Waals surface area contributed by atoms with Crippen molar-refractivity contribution in [3.05, 3.63) is 57.8 Å². The molecule has 5 nitrogen and oxygen atoms in total. The van der Waals surface area contributed by atoms with E-state index < -0.39 is 0 Å². The summed E-state index contributed by atoms with van der Waals surface area (Å²) in [6, 6.07) is 7.25. The van der Waals surface area contributed by atoms with Crippen LogP contribution >= 0.6 is 35.0 Å². The Morgan fingerprint density at radius 1 is 1.21 bits per heavy atom. The van der Waals surface area contributed by atoms with Crippen LogP contribution < -0.4 is 0 Å². The Hall–Kier alpha value is -1.76. The minimum Gasteiger partial charge on any atom is -0.469 e. The van der Waals surface area contributed by atoms with E-state index in [-0.39, 0.29) is 17.8 Å². The lowest BCUT2D eigenvalue weighted by Crippen LogP contribution is -2.40. The van der Waals surface area contributed by atoms with Gasteiger partial charge in [-0.1, -0.05) is 29.3 Å². The highest BCUT2D eigenvalue weighted by Gasteiger charge is 2.28. The van der Waals surface area contributed by atoms with Gasteiger partial charge in [-0.05, 0) is 36.6 Å². The molecule has 148 valence electrons. The van der Waals surface area contributed by atoms with Crippen LogP contribution in [0.5, 0.6) is 0 Å². The van der Waals surface area contributed by atoms with Crippen LogP contribution in [0.3, 0.4) is 0 Å². The lowest BCUT2D eigenvalue weighted by atomic mass is 9.96. The van der Waals surface area contributed by atoms with Gasteiger partial charge in [0.1, 0.15) is 0 Å². The van der Waals surface area contributed by atoms with Gasteiger partial charge < -0.3 is 9.64 Å². The lowest BCUT2D eigenvalue weighted by molar-refractivity contribution is -0.146. The molecule has 0 spiro atoms. The van der Waals surface area contributed by atoms with Crippen LogP contribution in [0.4, 0.5) is 0 Å². The summed E-state index contributed by atoms with van der Waals surface area (Å²) in [7, 11) is 1.39. The summed E-state index contributed by atoms with van der Waals surface area (Å²) in [4.78, 5) is 31.2. The SMILES string of the molecule is COC(=O)C1CCN(C(=O)c2cncc(CSc3c(Cl)cccc3Cl)c2)CC1.